The van der Waals surface area contributed by atoms with Crippen molar-refractivity contribution in [1.29, 1.82) is 0 Å². The van der Waals surface area contributed by atoms with Gasteiger partial charge in [-0.3, -0.25) is 0 Å². The van der Waals surface area contributed by atoms with Crippen LogP contribution in [0.1, 0.15) is 5.56 Å². The first kappa shape index (κ1) is 9.46. The van der Waals surface area contributed by atoms with Crippen molar-refractivity contribution in [3.05, 3.63) is 34.8 Å². The van der Waals surface area contributed by atoms with Crippen LogP contribution in [0.5, 0.6) is 0 Å². The van der Waals surface area contributed by atoms with E-state index in [1.54, 1.807) is 0 Å². The Morgan fingerprint density at radius 1 is 1.29 bits per heavy atom. The topological polar surface area (TPSA) is 50.9 Å². The third-order valence-electron chi connectivity index (χ3n) is 1.97. The van der Waals surface area contributed by atoms with Crippen LogP contribution in [0.15, 0.2) is 29.2 Å². The molecule has 0 atom stereocenters. The van der Waals surface area contributed by atoms with E-state index in [2.05, 4.69) is 46.5 Å². The zero-order valence-corrected chi connectivity index (χ0v) is 9.53. The number of nitrogens with two attached hydrogens (primary N) is 1. The summed E-state index contributed by atoms with van der Waals surface area (Å²) in [4.78, 5) is 6.51. The van der Waals surface area contributed by atoms with E-state index in [0.717, 1.165) is 15.9 Å². The molecule has 2 aromatic rings. The predicted molar refractivity (Wildman–Crippen MR) is 59.2 cm³/mol. The van der Waals surface area contributed by atoms with Crippen LogP contribution >= 0.6 is 0 Å². The number of nitrogens with zero attached hydrogens (tertiary/aromatic N) is 1. The summed E-state index contributed by atoms with van der Waals surface area (Å²) < 4.78 is 0.882. The summed E-state index contributed by atoms with van der Waals surface area (Å²) in [6.07, 6.45) is 0. The van der Waals surface area contributed by atoms with Crippen molar-refractivity contribution in [3.63, 3.8) is 0 Å². The number of hydrazine groups is 1. The molecular formula is C10H11N3Se. The molecule has 0 aliphatic carbocycles. The summed E-state index contributed by atoms with van der Waals surface area (Å²) in [6, 6.07) is 8.35. The molecule has 1 aromatic heterocycles. The second-order valence-electron chi connectivity index (χ2n) is 3.05. The van der Waals surface area contributed by atoms with Gasteiger partial charge in [0.1, 0.15) is 0 Å². The van der Waals surface area contributed by atoms with Gasteiger partial charge in [-0.2, -0.15) is 0 Å². The second-order valence-corrected chi connectivity index (χ2v) is 4.85. The van der Waals surface area contributed by atoms with Crippen molar-refractivity contribution in [3.8, 4) is 11.3 Å². The zero-order chi connectivity index (χ0) is 9.97. The molecule has 2 rings (SSSR count). The number of aromatic nitrogens is 1. The monoisotopic (exact) mass is 253 g/mol. The van der Waals surface area contributed by atoms with Gasteiger partial charge in [0.25, 0.3) is 0 Å². The minimum absolute atomic E-state index is 0.259. The Kier molecular flexibility index (Phi) is 2.68. The molecule has 1 aromatic carbocycles. The number of hydrogen-bond acceptors (Lipinski definition) is 3. The average Bonchev–Trinajstić information content (AvgIpc) is 2.67. The Hall–Kier alpha value is -1.09. The van der Waals surface area contributed by atoms with Crippen LogP contribution < -0.4 is 11.3 Å². The van der Waals surface area contributed by atoms with E-state index in [4.69, 9.17) is 5.84 Å². The van der Waals surface area contributed by atoms with E-state index >= 15 is 0 Å². The van der Waals surface area contributed by atoms with Crippen molar-refractivity contribution < 1.29 is 0 Å². The molecule has 0 spiro atoms. The van der Waals surface area contributed by atoms with E-state index in [0.29, 0.717) is 0 Å². The Labute approximate surface area is 88.7 Å². The zero-order valence-electron chi connectivity index (χ0n) is 7.82. The van der Waals surface area contributed by atoms with Gasteiger partial charge in [-0.15, -0.1) is 0 Å². The first-order valence-electron chi connectivity index (χ1n) is 4.29. The van der Waals surface area contributed by atoms with Gasteiger partial charge >= 0.3 is 88.4 Å². The number of rotatable bonds is 2. The summed E-state index contributed by atoms with van der Waals surface area (Å²) in [5.74, 6) is 5.30. The summed E-state index contributed by atoms with van der Waals surface area (Å²) in [6.45, 7) is 2.08. The molecule has 14 heavy (non-hydrogen) atoms. The van der Waals surface area contributed by atoms with Gasteiger partial charge in [-0.25, -0.2) is 0 Å². The minimum atomic E-state index is 0.259. The quantitative estimate of drug-likeness (QED) is 0.482. The normalized spacial score (nSPS) is 10.1. The fourth-order valence-corrected chi connectivity index (χ4v) is 2.52. The molecule has 1 heterocycles. The molecule has 0 fully saturated rings. The standard InChI is InChI=1S/C10H11N3Se/c1-7-2-4-8(5-3-7)9-6-14-10(12-9)13-11/h2-6H,11H2,1H3,(H,12,13). The first-order valence-corrected chi connectivity index (χ1v) is 6.13. The van der Waals surface area contributed by atoms with Gasteiger partial charge in [0, 0.05) is 0 Å². The molecule has 0 radical (unpaired) electrons. The molecule has 3 N–H and O–H groups in total. The SMILES string of the molecule is Cc1ccc(-c2c[se]c(NN)n2)cc1. The number of nitrogens with one attached hydrogen (secondary N) is 1. The molecule has 0 aliphatic heterocycles. The number of nitrogen functional groups attached to an aromatic ring is 1. The predicted octanol–water partition coefficient (Wildman–Crippen LogP) is 1.40. The van der Waals surface area contributed by atoms with Crippen molar-refractivity contribution in [2.75, 3.05) is 5.43 Å². The Morgan fingerprint density at radius 3 is 2.57 bits per heavy atom. The number of aryl methyl sites for hydroxylation is 1. The number of anilines is 1. The fraction of sp³-hybridized carbons (Fsp3) is 0.100. The van der Waals surface area contributed by atoms with Crippen LogP contribution in [-0.4, -0.2) is 19.5 Å². The summed E-state index contributed by atoms with van der Waals surface area (Å²) >= 11 is 0.259. The van der Waals surface area contributed by atoms with Crippen LogP contribution in [0.2, 0.25) is 0 Å². The van der Waals surface area contributed by atoms with Crippen molar-refractivity contribution in [2.45, 2.75) is 6.92 Å². The van der Waals surface area contributed by atoms with Crippen molar-refractivity contribution in [2.24, 2.45) is 5.84 Å². The van der Waals surface area contributed by atoms with E-state index in [-0.39, 0.29) is 14.5 Å². The van der Waals surface area contributed by atoms with Gasteiger partial charge in [0.15, 0.2) is 0 Å². The molecule has 0 unspecified atom stereocenters. The molecule has 0 amide bonds. The summed E-state index contributed by atoms with van der Waals surface area (Å²) in [7, 11) is 0. The van der Waals surface area contributed by atoms with Gasteiger partial charge in [-0.1, -0.05) is 0 Å². The van der Waals surface area contributed by atoms with Gasteiger partial charge in [-0.05, 0) is 0 Å². The fourth-order valence-electron chi connectivity index (χ4n) is 1.20. The first-order chi connectivity index (χ1) is 6.79. The maximum atomic E-state index is 5.30. The van der Waals surface area contributed by atoms with Gasteiger partial charge < -0.3 is 0 Å². The van der Waals surface area contributed by atoms with Crippen LogP contribution in [0, 0.1) is 6.92 Å². The third-order valence-corrected chi connectivity index (χ3v) is 3.60. The number of benzene rings is 1. The van der Waals surface area contributed by atoms with E-state index in [1.165, 1.54) is 5.56 Å². The summed E-state index contributed by atoms with van der Waals surface area (Å²) in [5.41, 5.74) is 6.04. The number of hydrogen-bond donors (Lipinski definition) is 2. The molecule has 0 aliphatic rings. The third kappa shape index (κ3) is 1.87. The van der Waals surface area contributed by atoms with Crippen molar-refractivity contribution in [1.82, 2.24) is 4.98 Å². The molecule has 0 saturated carbocycles. The molecule has 0 bridgehead atoms. The molecule has 4 heteroatoms. The van der Waals surface area contributed by atoms with Crippen LogP contribution in [0.4, 0.5) is 4.69 Å². The van der Waals surface area contributed by atoms with E-state index < -0.39 is 0 Å². The molecule has 3 nitrogen and oxygen atoms in total. The van der Waals surface area contributed by atoms with E-state index in [9.17, 15) is 0 Å². The molecule has 72 valence electrons. The van der Waals surface area contributed by atoms with E-state index in [1.807, 2.05) is 0 Å². The molecular weight excluding hydrogens is 241 g/mol. The molecule has 0 saturated heterocycles. The Morgan fingerprint density at radius 2 is 2.00 bits per heavy atom. The Bertz CT molecular complexity index is 419. The van der Waals surface area contributed by atoms with Gasteiger partial charge in [0.05, 0.1) is 0 Å². The van der Waals surface area contributed by atoms with Crippen LogP contribution in [0.25, 0.3) is 11.3 Å². The average molecular weight is 252 g/mol. The van der Waals surface area contributed by atoms with Crippen molar-refractivity contribution >= 4 is 19.2 Å². The summed E-state index contributed by atoms with van der Waals surface area (Å²) in [5, 5.41) is 0. The Balaban J connectivity index is 2.34. The van der Waals surface area contributed by atoms with Crippen LogP contribution in [0.3, 0.4) is 0 Å². The van der Waals surface area contributed by atoms with Gasteiger partial charge in [0.2, 0.25) is 0 Å². The maximum absolute atomic E-state index is 5.30. The second kappa shape index (κ2) is 3.96. The van der Waals surface area contributed by atoms with Crippen LogP contribution in [-0.2, 0) is 0 Å².